The lowest BCUT2D eigenvalue weighted by molar-refractivity contribution is 0.0686. The topological polar surface area (TPSA) is 110 Å². The maximum Gasteiger partial charge on any atom is 0.253 e. The summed E-state index contributed by atoms with van der Waals surface area (Å²) in [5.74, 6) is 0.521. The number of piperidine rings is 1. The molecule has 8 nitrogen and oxygen atoms in total. The first-order chi connectivity index (χ1) is 14.1. The summed E-state index contributed by atoms with van der Waals surface area (Å²) in [6, 6.07) is 13.2. The van der Waals surface area contributed by atoms with Crippen molar-refractivity contribution in [3.63, 3.8) is 0 Å². The lowest BCUT2D eigenvalue weighted by atomic mass is 10.0. The van der Waals surface area contributed by atoms with E-state index in [1.165, 1.54) is 10.6 Å². The highest BCUT2D eigenvalue weighted by molar-refractivity contribution is 7.88. The molecule has 0 aliphatic carbocycles. The average molecular weight is 432 g/mol. The van der Waals surface area contributed by atoms with E-state index in [4.69, 9.17) is 10.5 Å². The van der Waals surface area contributed by atoms with Gasteiger partial charge in [-0.25, -0.2) is 12.7 Å². The molecule has 0 unspecified atom stereocenters. The van der Waals surface area contributed by atoms with Crippen LogP contribution in [0.25, 0.3) is 0 Å². The zero-order chi connectivity index (χ0) is 21.9. The molecule has 0 saturated carbocycles. The van der Waals surface area contributed by atoms with Crippen molar-refractivity contribution in [3.05, 3.63) is 59.7 Å². The van der Waals surface area contributed by atoms with Gasteiger partial charge in [-0.1, -0.05) is 0 Å². The Morgan fingerprint density at radius 3 is 1.87 bits per heavy atom. The van der Waals surface area contributed by atoms with Crippen molar-refractivity contribution >= 4 is 21.8 Å². The number of benzene rings is 2. The number of carbonyl (C=O) groups is 2. The molecule has 0 bridgehead atoms. The maximum absolute atomic E-state index is 12.8. The molecule has 30 heavy (non-hydrogen) atoms. The van der Waals surface area contributed by atoms with E-state index in [9.17, 15) is 18.0 Å². The van der Waals surface area contributed by atoms with Gasteiger partial charge in [0.25, 0.3) is 5.91 Å². The number of sulfonamides is 1. The summed E-state index contributed by atoms with van der Waals surface area (Å²) in [7, 11) is -1.66. The summed E-state index contributed by atoms with van der Waals surface area (Å²) in [6.45, 7) is 1.02. The molecule has 1 heterocycles. The van der Waals surface area contributed by atoms with Crippen LogP contribution >= 0.6 is 0 Å². The van der Waals surface area contributed by atoms with Gasteiger partial charge in [-0.15, -0.1) is 0 Å². The predicted molar refractivity (Wildman–Crippen MR) is 113 cm³/mol. The highest BCUT2D eigenvalue weighted by Crippen LogP contribution is 2.24. The molecule has 2 amide bonds. The van der Waals surface area contributed by atoms with E-state index in [-0.39, 0.29) is 11.9 Å². The second-order valence-electron chi connectivity index (χ2n) is 7.32. The zero-order valence-electron chi connectivity index (χ0n) is 16.9. The number of amides is 2. The predicted octanol–water partition coefficient (Wildman–Crippen LogP) is 2.07. The van der Waals surface area contributed by atoms with Crippen LogP contribution in [0.2, 0.25) is 0 Å². The van der Waals surface area contributed by atoms with Crippen LogP contribution in [0.4, 0.5) is 0 Å². The molecule has 1 fully saturated rings. The zero-order valence-corrected chi connectivity index (χ0v) is 17.8. The van der Waals surface area contributed by atoms with Gasteiger partial charge in [0.2, 0.25) is 15.9 Å². The Morgan fingerprint density at radius 1 is 0.967 bits per heavy atom. The van der Waals surface area contributed by atoms with Gasteiger partial charge in [-0.3, -0.25) is 9.59 Å². The van der Waals surface area contributed by atoms with Crippen LogP contribution in [-0.4, -0.2) is 61.9 Å². The van der Waals surface area contributed by atoms with Crippen LogP contribution < -0.4 is 10.5 Å². The summed E-state index contributed by atoms with van der Waals surface area (Å²) in [6.07, 6.45) is 2.41. The van der Waals surface area contributed by atoms with Gasteiger partial charge >= 0.3 is 0 Å². The van der Waals surface area contributed by atoms with Gasteiger partial charge in [-0.2, -0.15) is 0 Å². The normalized spacial score (nSPS) is 15.2. The van der Waals surface area contributed by atoms with E-state index in [1.807, 2.05) is 0 Å². The van der Waals surface area contributed by atoms with Gasteiger partial charge in [0.15, 0.2) is 0 Å². The van der Waals surface area contributed by atoms with Crippen LogP contribution in [0.15, 0.2) is 48.5 Å². The number of hydrogen-bond acceptors (Lipinski definition) is 5. The number of nitrogens with zero attached hydrogens (tertiary/aromatic N) is 2. The second kappa shape index (κ2) is 8.85. The first-order valence-corrected chi connectivity index (χ1v) is 11.4. The first-order valence-electron chi connectivity index (χ1n) is 9.55. The Hall–Kier alpha value is -2.91. The van der Waals surface area contributed by atoms with Gasteiger partial charge in [-0.05, 0) is 61.4 Å². The van der Waals surface area contributed by atoms with Gasteiger partial charge in [0.1, 0.15) is 11.5 Å². The molecular weight excluding hydrogens is 406 g/mol. The minimum absolute atomic E-state index is 0.0826. The third-order valence-corrected chi connectivity index (χ3v) is 6.61. The molecule has 0 aromatic heterocycles. The lowest BCUT2D eigenvalue weighted by Gasteiger charge is -2.35. The van der Waals surface area contributed by atoms with Crippen molar-refractivity contribution in [2.45, 2.75) is 18.9 Å². The van der Waals surface area contributed by atoms with Crippen molar-refractivity contribution in [2.75, 3.05) is 26.4 Å². The molecule has 1 saturated heterocycles. The molecule has 3 rings (SSSR count). The molecule has 1 aliphatic rings. The highest BCUT2D eigenvalue weighted by atomic mass is 32.2. The van der Waals surface area contributed by atoms with Crippen molar-refractivity contribution in [1.29, 1.82) is 0 Å². The van der Waals surface area contributed by atoms with Crippen LogP contribution in [0.1, 0.15) is 33.6 Å². The van der Waals surface area contributed by atoms with E-state index < -0.39 is 15.9 Å². The third kappa shape index (κ3) is 5.17. The molecule has 0 spiro atoms. The van der Waals surface area contributed by atoms with Crippen molar-refractivity contribution in [3.8, 4) is 11.5 Å². The summed E-state index contributed by atoms with van der Waals surface area (Å²) in [4.78, 5) is 25.6. The van der Waals surface area contributed by atoms with Crippen molar-refractivity contribution < 1.29 is 22.7 Å². The van der Waals surface area contributed by atoms with Crippen molar-refractivity contribution in [1.82, 2.24) is 9.21 Å². The van der Waals surface area contributed by atoms with Crippen LogP contribution in [0, 0.1) is 0 Å². The fourth-order valence-electron chi connectivity index (χ4n) is 3.37. The Bertz CT molecular complexity index is 1010. The van der Waals surface area contributed by atoms with Gasteiger partial charge in [0.05, 0.1) is 6.26 Å². The molecule has 2 aromatic carbocycles. The molecule has 0 radical (unpaired) electrons. The largest absolute Gasteiger partial charge is 0.457 e. The third-order valence-electron chi connectivity index (χ3n) is 5.26. The molecule has 160 valence electrons. The van der Waals surface area contributed by atoms with E-state index in [0.717, 1.165) is 0 Å². The van der Waals surface area contributed by atoms with E-state index in [0.29, 0.717) is 48.6 Å². The Labute approximate surface area is 176 Å². The first kappa shape index (κ1) is 21.8. The second-order valence-corrected chi connectivity index (χ2v) is 9.36. The highest BCUT2D eigenvalue weighted by Gasteiger charge is 2.29. The maximum atomic E-state index is 12.8. The van der Waals surface area contributed by atoms with Crippen molar-refractivity contribution in [2.24, 2.45) is 5.73 Å². The van der Waals surface area contributed by atoms with Gasteiger partial charge in [0, 0.05) is 37.3 Å². The molecule has 9 heteroatoms. The Balaban J connectivity index is 1.58. The average Bonchev–Trinajstić information content (AvgIpc) is 2.73. The SMILES string of the molecule is CN(C1CCN(C(=O)c2ccc(Oc3ccc(C(N)=O)cc3)cc2)CC1)S(C)(=O)=O. The number of primary amides is 1. The standard InChI is InChI=1S/C21H25N3O5S/c1-23(30(2,27)28)17-11-13-24(14-12-17)21(26)16-5-9-19(10-6-16)29-18-7-3-15(4-8-18)20(22)25/h3-10,17H,11-14H2,1-2H3,(H2,22,25). The fourth-order valence-corrected chi connectivity index (χ4v) is 4.13. The number of rotatable bonds is 6. The Kier molecular flexibility index (Phi) is 6.42. The molecule has 2 N–H and O–H groups in total. The van der Waals surface area contributed by atoms with Crippen LogP contribution in [0.3, 0.4) is 0 Å². The van der Waals surface area contributed by atoms with Crippen LogP contribution in [-0.2, 0) is 10.0 Å². The molecule has 0 atom stereocenters. The smallest absolute Gasteiger partial charge is 0.253 e. The number of hydrogen-bond donors (Lipinski definition) is 1. The van der Waals surface area contributed by atoms with E-state index in [2.05, 4.69) is 0 Å². The van der Waals surface area contributed by atoms with Crippen LogP contribution in [0.5, 0.6) is 11.5 Å². The summed E-state index contributed by atoms with van der Waals surface area (Å²) < 4.78 is 30.5. The summed E-state index contributed by atoms with van der Waals surface area (Å²) >= 11 is 0. The van der Waals surface area contributed by atoms with Gasteiger partial charge < -0.3 is 15.4 Å². The number of ether oxygens (including phenoxy) is 1. The number of likely N-dealkylation sites (tertiary alicyclic amines) is 1. The summed E-state index contributed by atoms with van der Waals surface area (Å²) in [5.41, 5.74) is 6.16. The number of nitrogens with two attached hydrogens (primary N) is 1. The number of carbonyl (C=O) groups excluding carboxylic acids is 2. The summed E-state index contributed by atoms with van der Waals surface area (Å²) in [5, 5.41) is 0. The quantitative estimate of drug-likeness (QED) is 0.753. The molecule has 1 aliphatic heterocycles. The minimum Gasteiger partial charge on any atom is -0.457 e. The monoisotopic (exact) mass is 431 g/mol. The molecular formula is C21H25N3O5S. The Morgan fingerprint density at radius 2 is 1.43 bits per heavy atom. The van der Waals surface area contributed by atoms with E-state index >= 15 is 0 Å². The van der Waals surface area contributed by atoms with E-state index in [1.54, 1.807) is 60.5 Å². The fraction of sp³-hybridized carbons (Fsp3) is 0.333. The molecule has 2 aromatic rings. The minimum atomic E-state index is -3.24. The lowest BCUT2D eigenvalue weighted by Crippen LogP contribution is -2.47.